The smallest absolute Gasteiger partial charge is 0.171 e. The molecule has 0 saturated carbocycles. The largest absolute Gasteiger partial charge is 0.398 e. The first-order valence-electron chi connectivity index (χ1n) is 6.89. The Hall–Kier alpha value is -2.42. The van der Waals surface area contributed by atoms with Crippen molar-refractivity contribution < 1.29 is 9.59 Å². The Morgan fingerprint density at radius 3 is 2.19 bits per heavy atom. The van der Waals surface area contributed by atoms with E-state index in [9.17, 15) is 9.59 Å². The lowest BCUT2D eigenvalue weighted by Crippen LogP contribution is -2.13. The highest BCUT2D eigenvalue weighted by Gasteiger charge is 2.19. The second-order valence-corrected chi connectivity index (χ2v) is 5.30. The molecular formula is C18H19NO2. The first-order chi connectivity index (χ1) is 9.91. The first kappa shape index (κ1) is 15.0. The summed E-state index contributed by atoms with van der Waals surface area (Å²) in [6, 6.07) is 10.7. The Kier molecular flexibility index (Phi) is 4.22. The van der Waals surface area contributed by atoms with Crippen molar-refractivity contribution in [2.24, 2.45) is 0 Å². The molecule has 0 radical (unpaired) electrons. The fourth-order valence-corrected chi connectivity index (χ4v) is 2.50. The molecule has 2 rings (SSSR count). The summed E-state index contributed by atoms with van der Waals surface area (Å²) < 4.78 is 0. The number of benzene rings is 2. The van der Waals surface area contributed by atoms with E-state index < -0.39 is 0 Å². The van der Waals surface area contributed by atoms with E-state index in [1.54, 1.807) is 30.3 Å². The van der Waals surface area contributed by atoms with Crippen LogP contribution in [-0.4, -0.2) is 11.6 Å². The molecular weight excluding hydrogens is 262 g/mol. The maximum absolute atomic E-state index is 12.5. The van der Waals surface area contributed by atoms with Crippen LogP contribution in [0.4, 0.5) is 5.69 Å². The van der Waals surface area contributed by atoms with Gasteiger partial charge in [-0.05, 0) is 43.5 Å². The van der Waals surface area contributed by atoms with E-state index >= 15 is 0 Å². The van der Waals surface area contributed by atoms with Crippen molar-refractivity contribution in [3.63, 3.8) is 0 Å². The van der Waals surface area contributed by atoms with E-state index in [4.69, 9.17) is 5.73 Å². The predicted molar refractivity (Wildman–Crippen MR) is 84.8 cm³/mol. The number of ketones is 2. The number of nitrogen functional groups attached to an aromatic ring is 1. The van der Waals surface area contributed by atoms with Gasteiger partial charge in [0.05, 0.1) is 6.42 Å². The molecule has 0 amide bonds. The number of Topliss-reactive ketones (excluding diaryl/α,β-unsaturated/α-hetero) is 2. The summed E-state index contributed by atoms with van der Waals surface area (Å²) in [7, 11) is 0. The van der Waals surface area contributed by atoms with Gasteiger partial charge >= 0.3 is 0 Å². The van der Waals surface area contributed by atoms with Crippen LogP contribution in [0.15, 0.2) is 36.4 Å². The second-order valence-electron chi connectivity index (χ2n) is 5.30. The number of nitrogens with two attached hydrogens (primary N) is 1. The van der Waals surface area contributed by atoms with Crippen molar-refractivity contribution >= 4 is 17.3 Å². The summed E-state index contributed by atoms with van der Waals surface area (Å²) in [6.07, 6.45) is -0.116. The molecule has 0 spiro atoms. The molecule has 0 unspecified atom stereocenters. The maximum Gasteiger partial charge on any atom is 0.171 e. The predicted octanol–water partition coefficient (Wildman–Crippen LogP) is 3.65. The van der Waals surface area contributed by atoms with Crippen LogP contribution in [0.1, 0.15) is 43.8 Å². The van der Waals surface area contributed by atoms with Crippen molar-refractivity contribution in [2.75, 3.05) is 5.73 Å². The van der Waals surface area contributed by atoms with E-state index in [2.05, 4.69) is 0 Å². The molecule has 0 aromatic heterocycles. The Balaban J connectivity index is 2.30. The minimum atomic E-state index is -0.158. The van der Waals surface area contributed by atoms with Crippen LogP contribution in [0.5, 0.6) is 0 Å². The molecule has 21 heavy (non-hydrogen) atoms. The summed E-state index contributed by atoms with van der Waals surface area (Å²) in [4.78, 5) is 24.6. The highest BCUT2D eigenvalue weighted by molar-refractivity contribution is 6.14. The number of carbonyl (C=O) groups is 2. The van der Waals surface area contributed by atoms with E-state index in [0.717, 1.165) is 16.7 Å². The average molecular weight is 281 g/mol. The zero-order valence-electron chi connectivity index (χ0n) is 12.6. The Morgan fingerprint density at radius 2 is 1.57 bits per heavy atom. The fraction of sp³-hybridized carbons (Fsp3) is 0.222. The van der Waals surface area contributed by atoms with E-state index in [0.29, 0.717) is 16.8 Å². The van der Waals surface area contributed by atoms with Crippen molar-refractivity contribution in [1.29, 1.82) is 0 Å². The first-order valence-corrected chi connectivity index (χ1v) is 6.89. The van der Waals surface area contributed by atoms with Crippen LogP contribution in [-0.2, 0) is 0 Å². The van der Waals surface area contributed by atoms with Crippen molar-refractivity contribution in [2.45, 2.75) is 27.2 Å². The van der Waals surface area contributed by atoms with E-state index in [-0.39, 0.29) is 18.0 Å². The molecule has 0 fully saturated rings. The minimum absolute atomic E-state index is 0.116. The fourth-order valence-electron chi connectivity index (χ4n) is 2.50. The van der Waals surface area contributed by atoms with Gasteiger partial charge in [0, 0.05) is 16.8 Å². The third-order valence-electron chi connectivity index (χ3n) is 3.83. The number of carbonyl (C=O) groups excluding carboxylic acids is 2. The molecule has 0 aliphatic carbocycles. The Labute approximate surface area is 124 Å². The number of hydrogen-bond acceptors (Lipinski definition) is 3. The molecule has 0 aliphatic rings. The molecule has 0 aliphatic heterocycles. The van der Waals surface area contributed by atoms with Gasteiger partial charge in [-0.1, -0.05) is 30.3 Å². The van der Waals surface area contributed by atoms with Crippen LogP contribution >= 0.6 is 0 Å². The van der Waals surface area contributed by atoms with Crippen LogP contribution in [0.3, 0.4) is 0 Å². The SMILES string of the molecule is Cc1cc(N)c(C)c(C)c1C(=O)CC(=O)c1ccccc1. The van der Waals surface area contributed by atoms with Crippen molar-refractivity contribution in [3.05, 3.63) is 64.2 Å². The monoisotopic (exact) mass is 281 g/mol. The third kappa shape index (κ3) is 3.02. The lowest BCUT2D eigenvalue weighted by Gasteiger charge is -2.13. The molecule has 0 heterocycles. The summed E-state index contributed by atoms with van der Waals surface area (Å²) >= 11 is 0. The van der Waals surface area contributed by atoms with Crippen molar-refractivity contribution in [3.8, 4) is 0 Å². The molecule has 2 N–H and O–H groups in total. The number of rotatable bonds is 4. The van der Waals surface area contributed by atoms with Gasteiger partial charge in [0.25, 0.3) is 0 Å². The molecule has 3 nitrogen and oxygen atoms in total. The molecule has 3 heteroatoms. The zero-order valence-corrected chi connectivity index (χ0v) is 12.6. The lowest BCUT2D eigenvalue weighted by atomic mass is 9.91. The van der Waals surface area contributed by atoms with Gasteiger partial charge in [-0.3, -0.25) is 9.59 Å². The number of hydrogen-bond donors (Lipinski definition) is 1. The molecule has 0 atom stereocenters. The maximum atomic E-state index is 12.5. The number of anilines is 1. The van der Waals surface area contributed by atoms with Crippen LogP contribution in [0, 0.1) is 20.8 Å². The van der Waals surface area contributed by atoms with Gasteiger partial charge in [0.15, 0.2) is 11.6 Å². The van der Waals surface area contributed by atoms with Gasteiger partial charge in [-0.2, -0.15) is 0 Å². The minimum Gasteiger partial charge on any atom is -0.398 e. The van der Waals surface area contributed by atoms with E-state index in [1.165, 1.54) is 0 Å². The third-order valence-corrected chi connectivity index (χ3v) is 3.83. The molecule has 2 aromatic rings. The average Bonchev–Trinajstić information content (AvgIpc) is 2.45. The topological polar surface area (TPSA) is 60.2 Å². The van der Waals surface area contributed by atoms with Crippen molar-refractivity contribution in [1.82, 2.24) is 0 Å². The lowest BCUT2D eigenvalue weighted by molar-refractivity contribution is 0.0893. The van der Waals surface area contributed by atoms with Gasteiger partial charge in [-0.25, -0.2) is 0 Å². The molecule has 108 valence electrons. The highest BCUT2D eigenvalue weighted by Crippen LogP contribution is 2.25. The second kappa shape index (κ2) is 5.92. The summed E-state index contributed by atoms with van der Waals surface area (Å²) in [5.74, 6) is -0.309. The summed E-state index contributed by atoms with van der Waals surface area (Å²) in [6.45, 7) is 5.61. The summed E-state index contributed by atoms with van der Waals surface area (Å²) in [5.41, 5.74) is 10.3. The van der Waals surface area contributed by atoms with Gasteiger partial charge in [-0.15, -0.1) is 0 Å². The van der Waals surface area contributed by atoms with Crippen LogP contribution in [0.25, 0.3) is 0 Å². The van der Waals surface area contributed by atoms with Gasteiger partial charge in [0.2, 0.25) is 0 Å². The standard InChI is InChI=1S/C18H19NO2/c1-11-9-15(19)12(2)13(3)18(11)17(21)10-16(20)14-7-5-4-6-8-14/h4-9H,10,19H2,1-3H3. The summed E-state index contributed by atoms with van der Waals surface area (Å²) in [5, 5.41) is 0. The highest BCUT2D eigenvalue weighted by atomic mass is 16.1. The quantitative estimate of drug-likeness (QED) is 0.528. The van der Waals surface area contributed by atoms with Crippen LogP contribution in [0.2, 0.25) is 0 Å². The normalized spacial score (nSPS) is 10.4. The van der Waals surface area contributed by atoms with Gasteiger partial charge in [0.1, 0.15) is 0 Å². The van der Waals surface area contributed by atoms with E-state index in [1.807, 2.05) is 26.8 Å². The van der Waals surface area contributed by atoms with Crippen LogP contribution < -0.4 is 5.73 Å². The zero-order chi connectivity index (χ0) is 15.6. The Morgan fingerprint density at radius 1 is 0.952 bits per heavy atom. The molecule has 2 aromatic carbocycles. The molecule has 0 bridgehead atoms. The van der Waals surface area contributed by atoms with Gasteiger partial charge < -0.3 is 5.73 Å². The Bertz CT molecular complexity index is 703. The molecule has 0 saturated heterocycles. The number of aryl methyl sites for hydroxylation is 1.